The summed E-state index contributed by atoms with van der Waals surface area (Å²) in [6.07, 6.45) is 5.68. The molecule has 1 unspecified atom stereocenters. The zero-order valence-corrected chi connectivity index (χ0v) is 23.9. The maximum atomic E-state index is 12.6. The SMILES string of the molecule is COc1ccc2c(c1)CC(N(CCCCN1CCN(c3ccccc3)CC1)CCNC(=O)c1ccccc1)CC2. The molecule has 1 heterocycles. The maximum Gasteiger partial charge on any atom is 0.251 e. The number of amides is 1. The standard InChI is InChI=1S/C34H44N4O2/c1-40-33-17-15-28-14-16-32(26-30(28)27-33)37(21-18-35-34(39)29-10-4-2-5-11-29)20-9-8-19-36-22-24-38(25-23-36)31-12-6-3-7-13-31/h2-7,10-13,15,17,27,32H,8-9,14,16,18-26H2,1H3,(H,35,39). The summed E-state index contributed by atoms with van der Waals surface area (Å²) in [6.45, 7) is 8.22. The van der Waals surface area contributed by atoms with E-state index in [0.717, 1.165) is 76.4 Å². The lowest BCUT2D eigenvalue weighted by Crippen LogP contribution is -2.47. The molecule has 6 nitrogen and oxygen atoms in total. The molecule has 1 fully saturated rings. The van der Waals surface area contributed by atoms with Crippen molar-refractivity contribution in [2.24, 2.45) is 0 Å². The lowest BCUT2D eigenvalue weighted by atomic mass is 9.87. The number of ether oxygens (including phenoxy) is 1. The fourth-order valence-electron chi connectivity index (χ4n) is 6.15. The minimum absolute atomic E-state index is 0.00826. The number of hydrogen-bond acceptors (Lipinski definition) is 5. The summed E-state index contributed by atoms with van der Waals surface area (Å²) in [5, 5.41) is 3.15. The maximum absolute atomic E-state index is 12.6. The van der Waals surface area contributed by atoms with Crippen LogP contribution in [-0.4, -0.2) is 81.2 Å². The second-order valence-electron chi connectivity index (χ2n) is 11.1. The Labute approximate surface area is 239 Å². The van der Waals surface area contributed by atoms with Crippen LogP contribution in [-0.2, 0) is 12.8 Å². The number of methoxy groups -OCH3 is 1. The van der Waals surface area contributed by atoms with Crippen molar-refractivity contribution in [3.63, 3.8) is 0 Å². The lowest BCUT2D eigenvalue weighted by Gasteiger charge is -2.37. The molecule has 0 aromatic heterocycles. The molecule has 1 amide bonds. The van der Waals surface area contributed by atoms with Gasteiger partial charge in [0.1, 0.15) is 5.75 Å². The normalized spacial score (nSPS) is 17.4. The zero-order chi connectivity index (χ0) is 27.6. The van der Waals surface area contributed by atoms with Crippen LogP contribution in [0.15, 0.2) is 78.9 Å². The number of aryl methyl sites for hydroxylation is 1. The van der Waals surface area contributed by atoms with Crippen molar-refractivity contribution in [2.45, 2.75) is 38.1 Å². The van der Waals surface area contributed by atoms with E-state index in [-0.39, 0.29) is 5.91 Å². The van der Waals surface area contributed by atoms with Gasteiger partial charge in [-0.3, -0.25) is 14.6 Å². The minimum Gasteiger partial charge on any atom is -0.497 e. The van der Waals surface area contributed by atoms with E-state index in [9.17, 15) is 4.79 Å². The van der Waals surface area contributed by atoms with Crippen LogP contribution in [0.1, 0.15) is 40.7 Å². The van der Waals surface area contributed by atoms with E-state index in [1.165, 1.54) is 29.7 Å². The van der Waals surface area contributed by atoms with E-state index in [0.29, 0.717) is 12.6 Å². The third kappa shape index (κ3) is 7.64. The van der Waals surface area contributed by atoms with Gasteiger partial charge >= 0.3 is 0 Å². The quantitative estimate of drug-likeness (QED) is 0.332. The van der Waals surface area contributed by atoms with Crippen LogP contribution in [0.2, 0.25) is 0 Å². The molecule has 6 heteroatoms. The number of carbonyl (C=O) groups excluding carboxylic acids is 1. The summed E-state index contributed by atoms with van der Waals surface area (Å²) < 4.78 is 5.51. The number of benzene rings is 3. The fraction of sp³-hybridized carbons (Fsp3) is 0.441. The van der Waals surface area contributed by atoms with Gasteiger partial charge in [0.2, 0.25) is 0 Å². The first-order valence-electron chi connectivity index (χ1n) is 14.9. The molecule has 40 heavy (non-hydrogen) atoms. The number of hydrogen-bond donors (Lipinski definition) is 1. The zero-order valence-electron chi connectivity index (χ0n) is 23.9. The van der Waals surface area contributed by atoms with Gasteiger partial charge in [-0.25, -0.2) is 0 Å². The van der Waals surface area contributed by atoms with Crippen molar-refractivity contribution in [2.75, 3.05) is 64.4 Å². The van der Waals surface area contributed by atoms with Crippen LogP contribution in [0, 0.1) is 0 Å². The first-order chi connectivity index (χ1) is 19.7. The smallest absolute Gasteiger partial charge is 0.251 e. The van der Waals surface area contributed by atoms with Crippen molar-refractivity contribution in [3.8, 4) is 5.75 Å². The Balaban J connectivity index is 1.12. The van der Waals surface area contributed by atoms with Crippen molar-refractivity contribution in [1.29, 1.82) is 0 Å². The number of para-hydroxylation sites is 1. The van der Waals surface area contributed by atoms with Gasteiger partial charge in [0.25, 0.3) is 5.91 Å². The molecule has 2 aliphatic rings. The Bertz CT molecular complexity index is 1200. The van der Waals surface area contributed by atoms with Gasteiger partial charge in [0.15, 0.2) is 0 Å². The molecule has 3 aromatic carbocycles. The van der Waals surface area contributed by atoms with Crippen LogP contribution in [0.25, 0.3) is 0 Å². The molecular formula is C34H44N4O2. The number of anilines is 1. The van der Waals surface area contributed by atoms with Gasteiger partial charge in [-0.15, -0.1) is 0 Å². The molecule has 0 radical (unpaired) electrons. The Morgan fingerprint density at radius 2 is 1.65 bits per heavy atom. The monoisotopic (exact) mass is 540 g/mol. The Kier molecular flexibility index (Phi) is 10.1. The molecule has 0 bridgehead atoms. The average molecular weight is 541 g/mol. The van der Waals surface area contributed by atoms with Crippen LogP contribution in [0.4, 0.5) is 5.69 Å². The number of rotatable bonds is 12. The molecule has 1 aliphatic carbocycles. The highest BCUT2D eigenvalue weighted by atomic mass is 16.5. The van der Waals surface area contributed by atoms with Gasteiger partial charge < -0.3 is 15.0 Å². The molecule has 0 spiro atoms. The molecule has 1 aliphatic heterocycles. The van der Waals surface area contributed by atoms with Crippen molar-refractivity contribution < 1.29 is 9.53 Å². The highest BCUT2D eigenvalue weighted by Crippen LogP contribution is 2.28. The van der Waals surface area contributed by atoms with Crippen molar-refractivity contribution in [1.82, 2.24) is 15.1 Å². The van der Waals surface area contributed by atoms with Gasteiger partial charge in [-0.1, -0.05) is 42.5 Å². The van der Waals surface area contributed by atoms with Crippen LogP contribution < -0.4 is 15.0 Å². The number of unbranched alkanes of at least 4 members (excludes halogenated alkanes) is 1. The summed E-state index contributed by atoms with van der Waals surface area (Å²) in [6, 6.07) is 27.3. The van der Waals surface area contributed by atoms with Crippen molar-refractivity contribution >= 4 is 11.6 Å². The summed E-state index contributed by atoms with van der Waals surface area (Å²) in [5.74, 6) is 0.947. The Hall–Kier alpha value is -3.35. The first kappa shape index (κ1) is 28.2. The second kappa shape index (κ2) is 14.3. The number of carbonyl (C=O) groups is 1. The second-order valence-corrected chi connectivity index (χ2v) is 11.1. The minimum atomic E-state index is 0.00826. The molecule has 3 aromatic rings. The first-order valence-corrected chi connectivity index (χ1v) is 14.9. The summed E-state index contributed by atoms with van der Waals surface area (Å²) in [5.41, 5.74) is 4.91. The van der Waals surface area contributed by atoms with Crippen LogP contribution in [0.5, 0.6) is 5.75 Å². The van der Waals surface area contributed by atoms with Gasteiger partial charge in [0, 0.05) is 56.6 Å². The lowest BCUT2D eigenvalue weighted by molar-refractivity contribution is 0.0941. The van der Waals surface area contributed by atoms with E-state index in [1.54, 1.807) is 7.11 Å². The highest BCUT2D eigenvalue weighted by Gasteiger charge is 2.25. The van der Waals surface area contributed by atoms with Gasteiger partial charge in [0.05, 0.1) is 7.11 Å². The van der Waals surface area contributed by atoms with E-state index in [1.807, 2.05) is 30.3 Å². The third-order valence-corrected chi connectivity index (χ3v) is 8.52. The largest absolute Gasteiger partial charge is 0.497 e. The highest BCUT2D eigenvalue weighted by molar-refractivity contribution is 5.94. The van der Waals surface area contributed by atoms with Crippen LogP contribution in [0.3, 0.4) is 0 Å². The number of fused-ring (bicyclic) bond motifs is 1. The molecular weight excluding hydrogens is 496 g/mol. The third-order valence-electron chi connectivity index (χ3n) is 8.52. The van der Waals surface area contributed by atoms with Gasteiger partial charge in [-0.05, 0) is 92.7 Å². The topological polar surface area (TPSA) is 48.1 Å². The number of piperazine rings is 1. The molecule has 212 valence electrons. The predicted molar refractivity (Wildman–Crippen MR) is 163 cm³/mol. The number of nitrogens with zero attached hydrogens (tertiary/aromatic N) is 3. The Morgan fingerprint density at radius 3 is 2.40 bits per heavy atom. The fourth-order valence-corrected chi connectivity index (χ4v) is 6.15. The predicted octanol–water partition coefficient (Wildman–Crippen LogP) is 4.89. The van der Waals surface area contributed by atoms with Crippen molar-refractivity contribution in [3.05, 3.63) is 95.6 Å². The van der Waals surface area contributed by atoms with E-state index < -0.39 is 0 Å². The van der Waals surface area contributed by atoms with E-state index >= 15 is 0 Å². The summed E-state index contributed by atoms with van der Waals surface area (Å²) in [4.78, 5) is 20.4. The van der Waals surface area contributed by atoms with Gasteiger partial charge in [-0.2, -0.15) is 0 Å². The van der Waals surface area contributed by atoms with E-state index in [4.69, 9.17) is 4.74 Å². The summed E-state index contributed by atoms with van der Waals surface area (Å²) in [7, 11) is 1.74. The average Bonchev–Trinajstić information content (AvgIpc) is 3.02. The molecule has 5 rings (SSSR count). The molecule has 1 atom stereocenters. The van der Waals surface area contributed by atoms with Crippen LogP contribution >= 0.6 is 0 Å². The molecule has 0 saturated carbocycles. The van der Waals surface area contributed by atoms with E-state index in [2.05, 4.69) is 68.5 Å². The summed E-state index contributed by atoms with van der Waals surface area (Å²) >= 11 is 0. The molecule has 1 N–H and O–H groups in total. The molecule has 1 saturated heterocycles. The number of nitrogens with one attached hydrogen (secondary N) is 1. The Morgan fingerprint density at radius 1 is 0.900 bits per heavy atom.